The molecule has 1 atom stereocenters. The Morgan fingerprint density at radius 2 is 2.17 bits per heavy atom. The van der Waals surface area contributed by atoms with Gasteiger partial charge in [-0.2, -0.15) is 5.10 Å². The third kappa shape index (κ3) is 3.74. The van der Waals surface area contributed by atoms with Gasteiger partial charge < -0.3 is 10.2 Å². The van der Waals surface area contributed by atoms with Crippen LogP contribution in [0.1, 0.15) is 39.2 Å². The number of aromatic nitrogens is 2. The van der Waals surface area contributed by atoms with E-state index in [0.717, 1.165) is 22.4 Å². The maximum absolute atomic E-state index is 14.0. The van der Waals surface area contributed by atoms with Crippen LogP contribution in [-0.2, 0) is 13.1 Å². The van der Waals surface area contributed by atoms with E-state index in [0.29, 0.717) is 35.6 Å². The number of nitrogens with one attached hydrogen (secondary N) is 1. The van der Waals surface area contributed by atoms with Crippen LogP contribution < -0.4 is 5.32 Å². The molecule has 1 N–H and O–H groups in total. The molecule has 0 bridgehead atoms. The summed E-state index contributed by atoms with van der Waals surface area (Å²) in [5, 5.41) is 7.77. The highest BCUT2D eigenvalue weighted by Crippen LogP contribution is 2.29. The lowest BCUT2D eigenvalue weighted by Gasteiger charge is -2.19. The number of thiophene rings is 1. The number of aryl methyl sites for hydroxylation is 1. The zero-order valence-corrected chi connectivity index (χ0v) is 16.6. The topological polar surface area (TPSA) is 67.2 Å². The van der Waals surface area contributed by atoms with Crippen LogP contribution in [0.15, 0.2) is 30.3 Å². The van der Waals surface area contributed by atoms with Crippen molar-refractivity contribution in [1.29, 1.82) is 0 Å². The smallest absolute Gasteiger partial charge is 0.272 e. The third-order valence-corrected chi connectivity index (χ3v) is 5.99. The van der Waals surface area contributed by atoms with Crippen LogP contribution in [0.4, 0.5) is 4.39 Å². The zero-order valence-electron chi connectivity index (χ0n) is 15.8. The van der Waals surface area contributed by atoms with Gasteiger partial charge in [0.1, 0.15) is 5.82 Å². The molecule has 2 aromatic heterocycles. The highest BCUT2D eigenvalue weighted by atomic mass is 32.1. The lowest BCUT2D eigenvalue weighted by molar-refractivity contribution is 0.0750. The van der Waals surface area contributed by atoms with Gasteiger partial charge in [-0.3, -0.25) is 14.3 Å². The van der Waals surface area contributed by atoms with E-state index in [9.17, 15) is 14.0 Å². The summed E-state index contributed by atoms with van der Waals surface area (Å²) in [5.41, 5.74) is 1.06. The number of benzene rings is 1. The Bertz CT molecular complexity index is 1140. The number of hydrogen-bond donors (Lipinski definition) is 1. The Morgan fingerprint density at radius 3 is 2.93 bits per heavy atom. The van der Waals surface area contributed by atoms with E-state index in [1.165, 1.54) is 6.07 Å². The van der Waals surface area contributed by atoms with Crippen molar-refractivity contribution in [2.24, 2.45) is 0 Å². The van der Waals surface area contributed by atoms with E-state index in [1.54, 1.807) is 40.8 Å². The van der Waals surface area contributed by atoms with Gasteiger partial charge in [0.25, 0.3) is 11.8 Å². The van der Waals surface area contributed by atoms with Crippen LogP contribution in [0.3, 0.4) is 0 Å². The molecule has 8 heteroatoms. The van der Waals surface area contributed by atoms with Gasteiger partial charge in [0.15, 0.2) is 5.69 Å². The van der Waals surface area contributed by atoms with Gasteiger partial charge in [-0.05, 0) is 36.9 Å². The Hall–Kier alpha value is -3.18. The first-order valence-electron chi connectivity index (χ1n) is 9.27. The highest BCUT2D eigenvalue weighted by Gasteiger charge is 2.25. The molecule has 0 saturated heterocycles. The standard InChI is InChI=1S/C21H19FN4O2S/c1-3-13(2)23-20(27)17-11-15-12-25(8-5-9-26(15)24-17)21(28)18-10-14-6-4-7-16(22)19(14)29-18/h1,4,6-7,10-11,13H,5,8-9,12H2,2H3,(H,23,27). The number of rotatable bonds is 3. The van der Waals surface area contributed by atoms with Gasteiger partial charge in [0, 0.05) is 13.1 Å². The maximum Gasteiger partial charge on any atom is 0.272 e. The van der Waals surface area contributed by atoms with Gasteiger partial charge in [-0.25, -0.2) is 4.39 Å². The van der Waals surface area contributed by atoms with Gasteiger partial charge in [0.05, 0.1) is 27.9 Å². The summed E-state index contributed by atoms with van der Waals surface area (Å²) in [4.78, 5) is 27.6. The Balaban J connectivity index is 1.56. The van der Waals surface area contributed by atoms with Gasteiger partial charge in [0.2, 0.25) is 0 Å². The van der Waals surface area contributed by atoms with Crippen LogP contribution in [0.2, 0.25) is 0 Å². The highest BCUT2D eigenvalue weighted by molar-refractivity contribution is 7.20. The lowest BCUT2D eigenvalue weighted by Crippen LogP contribution is -2.32. The summed E-state index contributed by atoms with van der Waals surface area (Å²) in [6, 6.07) is 7.85. The molecular formula is C21H19FN4O2S. The second-order valence-electron chi connectivity index (χ2n) is 6.95. The molecule has 2 amide bonds. The summed E-state index contributed by atoms with van der Waals surface area (Å²) in [6.07, 6.45) is 6.01. The molecule has 0 saturated carbocycles. The largest absolute Gasteiger partial charge is 0.337 e. The molecule has 3 aromatic rings. The van der Waals surface area contributed by atoms with Crippen LogP contribution in [0.5, 0.6) is 0 Å². The quantitative estimate of drug-likeness (QED) is 0.675. The molecule has 29 heavy (non-hydrogen) atoms. The Kier molecular flexibility index (Phi) is 5.07. The van der Waals surface area contributed by atoms with E-state index < -0.39 is 6.04 Å². The SMILES string of the molecule is C#CC(C)NC(=O)c1cc2n(n1)CCCN(C(=O)c1cc3cccc(F)c3s1)C2. The minimum absolute atomic E-state index is 0.146. The van der Waals surface area contributed by atoms with Crippen LogP contribution >= 0.6 is 11.3 Å². The lowest BCUT2D eigenvalue weighted by atomic mass is 10.2. The average molecular weight is 410 g/mol. The number of fused-ring (bicyclic) bond motifs is 2. The first-order chi connectivity index (χ1) is 14.0. The molecule has 0 fully saturated rings. The van der Waals surface area contributed by atoms with Gasteiger partial charge in [-0.1, -0.05) is 18.1 Å². The van der Waals surface area contributed by atoms with E-state index in [1.807, 2.05) is 0 Å². The number of carbonyl (C=O) groups is 2. The van der Waals surface area contributed by atoms with Crippen molar-refractivity contribution in [3.63, 3.8) is 0 Å². The molecular weight excluding hydrogens is 391 g/mol. The molecule has 148 valence electrons. The fraction of sp³-hybridized carbons (Fsp3) is 0.286. The van der Waals surface area contributed by atoms with Crippen molar-refractivity contribution in [2.45, 2.75) is 32.5 Å². The number of halogens is 1. The van der Waals surface area contributed by atoms with Crippen molar-refractivity contribution in [2.75, 3.05) is 6.54 Å². The average Bonchev–Trinajstić information content (AvgIpc) is 3.27. The third-order valence-electron chi connectivity index (χ3n) is 4.84. The fourth-order valence-corrected chi connectivity index (χ4v) is 4.38. The van der Waals surface area contributed by atoms with Crippen molar-refractivity contribution in [1.82, 2.24) is 20.0 Å². The van der Waals surface area contributed by atoms with Crippen molar-refractivity contribution in [3.8, 4) is 12.3 Å². The van der Waals surface area contributed by atoms with Gasteiger partial charge >= 0.3 is 0 Å². The predicted octanol–water partition coefficient (Wildman–Crippen LogP) is 3.03. The summed E-state index contributed by atoms with van der Waals surface area (Å²) >= 11 is 1.16. The van der Waals surface area contributed by atoms with Gasteiger partial charge in [-0.15, -0.1) is 17.8 Å². The second-order valence-corrected chi connectivity index (χ2v) is 8.01. The normalized spacial score (nSPS) is 14.7. The van der Waals surface area contributed by atoms with Crippen molar-refractivity contribution in [3.05, 3.63) is 52.4 Å². The van der Waals surface area contributed by atoms with Crippen molar-refractivity contribution >= 4 is 33.2 Å². The molecule has 0 spiro atoms. The number of terminal acetylenes is 1. The molecule has 0 aliphatic carbocycles. The van der Waals surface area contributed by atoms with Crippen molar-refractivity contribution < 1.29 is 14.0 Å². The summed E-state index contributed by atoms with van der Waals surface area (Å²) in [5.74, 6) is 1.64. The molecule has 1 aromatic carbocycles. The Morgan fingerprint density at radius 1 is 1.34 bits per heavy atom. The van der Waals surface area contributed by atoms with E-state index >= 15 is 0 Å². The first-order valence-corrected chi connectivity index (χ1v) is 10.1. The van der Waals surface area contributed by atoms with E-state index in [2.05, 4.69) is 16.3 Å². The number of hydrogen-bond acceptors (Lipinski definition) is 4. The minimum atomic E-state index is -0.393. The van der Waals surface area contributed by atoms with Crippen LogP contribution in [0.25, 0.3) is 10.1 Å². The molecule has 4 rings (SSSR count). The van der Waals surface area contributed by atoms with E-state index in [4.69, 9.17) is 6.42 Å². The molecule has 1 aliphatic rings. The molecule has 3 heterocycles. The summed E-state index contributed by atoms with van der Waals surface area (Å²) in [6.45, 7) is 3.22. The van der Waals surface area contributed by atoms with Crippen LogP contribution in [0, 0.1) is 18.2 Å². The molecule has 0 radical (unpaired) electrons. The second kappa shape index (κ2) is 7.68. The molecule has 1 unspecified atom stereocenters. The predicted molar refractivity (Wildman–Crippen MR) is 109 cm³/mol. The molecule has 6 nitrogen and oxygen atoms in total. The van der Waals surface area contributed by atoms with E-state index in [-0.39, 0.29) is 23.3 Å². The molecule has 1 aliphatic heterocycles. The fourth-order valence-electron chi connectivity index (χ4n) is 3.35. The minimum Gasteiger partial charge on any atom is -0.337 e. The van der Waals surface area contributed by atoms with Crippen LogP contribution in [-0.4, -0.2) is 39.1 Å². The maximum atomic E-state index is 14.0. The number of amides is 2. The summed E-state index contributed by atoms with van der Waals surface area (Å²) < 4.78 is 16.2. The monoisotopic (exact) mass is 410 g/mol. The zero-order chi connectivity index (χ0) is 20.5. The first kappa shape index (κ1) is 19.2. The Labute approximate surface area is 171 Å². The summed E-state index contributed by atoms with van der Waals surface area (Å²) in [7, 11) is 0. The number of carbonyl (C=O) groups excluding carboxylic acids is 2. The number of nitrogens with zero attached hydrogens (tertiary/aromatic N) is 3.